The number of likely N-dealkylation sites (tertiary alicyclic amines) is 1. The lowest BCUT2D eigenvalue weighted by atomic mass is 10.1. The van der Waals surface area contributed by atoms with E-state index in [0.717, 1.165) is 51.3 Å². The number of hydrogen-bond donors (Lipinski definition) is 2. The quantitative estimate of drug-likeness (QED) is 0.391. The van der Waals surface area contributed by atoms with Crippen LogP contribution < -0.4 is 10.6 Å². The third kappa shape index (κ3) is 5.84. The first-order valence-corrected chi connectivity index (χ1v) is 9.92. The molecule has 0 aromatic carbocycles. The normalized spacial score (nSPS) is 21.2. The maximum atomic E-state index is 12.5. The smallest absolute Gasteiger partial charge is 0.225 e. The van der Waals surface area contributed by atoms with Gasteiger partial charge in [-0.2, -0.15) is 0 Å². The summed E-state index contributed by atoms with van der Waals surface area (Å²) in [6.45, 7) is 2.55. The van der Waals surface area contributed by atoms with Gasteiger partial charge in [-0.1, -0.05) is 18.9 Å². The highest BCUT2D eigenvalue weighted by atomic mass is 127. The summed E-state index contributed by atoms with van der Waals surface area (Å²) in [6.07, 6.45) is 6.61. The number of aliphatic imine (C=N–C) groups is 1. The average Bonchev–Trinajstić information content (AvgIpc) is 3.34. The lowest BCUT2D eigenvalue weighted by Gasteiger charge is -2.21. The van der Waals surface area contributed by atoms with Crippen LogP contribution in [0.15, 0.2) is 22.5 Å². The summed E-state index contributed by atoms with van der Waals surface area (Å²) in [5, 5.41) is 8.95. The molecule has 1 unspecified atom stereocenters. The van der Waals surface area contributed by atoms with Crippen LogP contribution in [0.25, 0.3) is 0 Å². The predicted octanol–water partition coefficient (Wildman–Crippen LogP) is 2.86. The molecule has 7 heteroatoms. The number of carbonyl (C=O) groups excluding carboxylic acids is 1. The minimum Gasteiger partial charge on any atom is -0.356 e. The Morgan fingerprint density at radius 3 is 2.84 bits per heavy atom. The molecular weight excluding hydrogens is 447 g/mol. The molecule has 5 nitrogen and oxygen atoms in total. The number of guanidine groups is 1. The van der Waals surface area contributed by atoms with E-state index in [-0.39, 0.29) is 29.9 Å². The van der Waals surface area contributed by atoms with Gasteiger partial charge in [-0.25, -0.2) is 0 Å². The number of rotatable bonds is 5. The Kier molecular flexibility index (Phi) is 8.48. The Bertz CT molecular complexity index is 557. The fourth-order valence-corrected chi connectivity index (χ4v) is 4.37. The maximum Gasteiger partial charge on any atom is 0.225 e. The van der Waals surface area contributed by atoms with Crippen LogP contribution in [0, 0.1) is 5.92 Å². The van der Waals surface area contributed by atoms with Gasteiger partial charge in [-0.15, -0.1) is 35.3 Å². The monoisotopic (exact) mass is 476 g/mol. The van der Waals surface area contributed by atoms with Crippen LogP contribution in [-0.2, 0) is 11.2 Å². The predicted molar refractivity (Wildman–Crippen MR) is 115 cm³/mol. The molecule has 140 valence electrons. The van der Waals surface area contributed by atoms with Crippen molar-refractivity contribution in [3.8, 4) is 0 Å². The number of hydrogen-bond acceptors (Lipinski definition) is 3. The second kappa shape index (κ2) is 10.4. The molecule has 2 fully saturated rings. The Labute approximate surface area is 171 Å². The highest BCUT2D eigenvalue weighted by molar-refractivity contribution is 14.0. The van der Waals surface area contributed by atoms with Gasteiger partial charge in [0.1, 0.15) is 0 Å². The summed E-state index contributed by atoms with van der Waals surface area (Å²) in [5.74, 6) is 1.50. The minimum atomic E-state index is 0. The molecule has 2 aliphatic rings. The third-order valence-electron chi connectivity index (χ3n) is 5.01. The molecule has 1 atom stereocenters. The van der Waals surface area contributed by atoms with Gasteiger partial charge in [0.15, 0.2) is 5.96 Å². The van der Waals surface area contributed by atoms with Crippen molar-refractivity contribution in [3.05, 3.63) is 22.4 Å². The zero-order valence-corrected chi connectivity index (χ0v) is 18.0. The fourth-order valence-electron chi connectivity index (χ4n) is 3.66. The lowest BCUT2D eigenvalue weighted by Crippen LogP contribution is -2.45. The first kappa shape index (κ1) is 20.5. The van der Waals surface area contributed by atoms with Gasteiger partial charge >= 0.3 is 0 Å². The van der Waals surface area contributed by atoms with Crippen molar-refractivity contribution in [1.29, 1.82) is 0 Å². The van der Waals surface area contributed by atoms with Crippen molar-refractivity contribution in [2.75, 3.05) is 26.7 Å². The van der Waals surface area contributed by atoms with E-state index < -0.39 is 0 Å². The summed E-state index contributed by atoms with van der Waals surface area (Å²) in [6, 6.07) is 4.55. The number of amides is 1. The van der Waals surface area contributed by atoms with Gasteiger partial charge in [-0.3, -0.25) is 9.79 Å². The molecular formula is C18H29IN4OS. The maximum absolute atomic E-state index is 12.5. The number of nitrogens with zero attached hydrogens (tertiary/aromatic N) is 2. The molecule has 0 radical (unpaired) electrons. The molecule has 25 heavy (non-hydrogen) atoms. The Morgan fingerprint density at radius 1 is 1.36 bits per heavy atom. The first-order chi connectivity index (χ1) is 11.8. The summed E-state index contributed by atoms with van der Waals surface area (Å²) in [5.41, 5.74) is 0. The number of nitrogens with one attached hydrogen (secondary N) is 2. The second-order valence-corrected chi connectivity index (χ2v) is 7.76. The van der Waals surface area contributed by atoms with E-state index in [1.54, 1.807) is 18.4 Å². The van der Waals surface area contributed by atoms with Gasteiger partial charge in [0, 0.05) is 43.5 Å². The van der Waals surface area contributed by atoms with Gasteiger partial charge in [0.2, 0.25) is 5.91 Å². The van der Waals surface area contributed by atoms with Crippen molar-refractivity contribution in [2.45, 2.75) is 44.6 Å². The zero-order chi connectivity index (χ0) is 16.8. The van der Waals surface area contributed by atoms with Crippen molar-refractivity contribution in [1.82, 2.24) is 15.5 Å². The van der Waals surface area contributed by atoms with Crippen LogP contribution in [0.2, 0.25) is 0 Å². The van der Waals surface area contributed by atoms with Crippen molar-refractivity contribution < 1.29 is 4.79 Å². The van der Waals surface area contributed by atoms with Crippen molar-refractivity contribution >= 4 is 47.2 Å². The first-order valence-electron chi connectivity index (χ1n) is 9.04. The standard InChI is InChI=1S/C18H28N4OS.HI/c1-19-18(20-10-8-16-7-4-12-24-16)21-15-9-11-22(13-15)17(23)14-5-2-3-6-14;/h4,7,12,14-15H,2-3,5-6,8-11,13H2,1H3,(H2,19,20,21);1H. The molecule has 0 bridgehead atoms. The second-order valence-electron chi connectivity index (χ2n) is 6.72. The molecule has 1 amide bonds. The Balaban J connectivity index is 0.00000225. The van der Waals surface area contributed by atoms with E-state index in [4.69, 9.17) is 0 Å². The van der Waals surface area contributed by atoms with Crippen LogP contribution in [-0.4, -0.2) is 49.5 Å². The highest BCUT2D eigenvalue weighted by Gasteiger charge is 2.32. The van der Waals surface area contributed by atoms with Crippen molar-refractivity contribution in [3.63, 3.8) is 0 Å². The Morgan fingerprint density at radius 2 is 2.16 bits per heavy atom. The number of thiophene rings is 1. The van der Waals surface area contributed by atoms with E-state index in [0.29, 0.717) is 11.9 Å². The van der Waals surface area contributed by atoms with E-state index in [2.05, 4.69) is 33.1 Å². The molecule has 2 heterocycles. The van der Waals surface area contributed by atoms with E-state index >= 15 is 0 Å². The van der Waals surface area contributed by atoms with Crippen LogP contribution >= 0.6 is 35.3 Å². The van der Waals surface area contributed by atoms with Crippen LogP contribution in [0.4, 0.5) is 0 Å². The summed E-state index contributed by atoms with van der Waals surface area (Å²) < 4.78 is 0. The van der Waals surface area contributed by atoms with Gasteiger partial charge in [-0.05, 0) is 37.1 Å². The molecule has 0 spiro atoms. The molecule has 1 aromatic heterocycles. The molecule has 1 aromatic rings. The average molecular weight is 476 g/mol. The van der Waals surface area contributed by atoms with Crippen molar-refractivity contribution in [2.24, 2.45) is 10.9 Å². The molecule has 1 aliphatic heterocycles. The zero-order valence-electron chi connectivity index (χ0n) is 14.9. The highest BCUT2D eigenvalue weighted by Crippen LogP contribution is 2.27. The third-order valence-corrected chi connectivity index (χ3v) is 5.95. The summed E-state index contributed by atoms with van der Waals surface area (Å²) in [7, 11) is 1.80. The largest absolute Gasteiger partial charge is 0.356 e. The molecule has 3 rings (SSSR count). The van der Waals surface area contributed by atoms with E-state index in [1.165, 1.54) is 17.7 Å². The molecule has 1 aliphatic carbocycles. The number of halogens is 1. The number of carbonyl (C=O) groups is 1. The fraction of sp³-hybridized carbons (Fsp3) is 0.667. The van der Waals surface area contributed by atoms with Gasteiger partial charge < -0.3 is 15.5 Å². The molecule has 2 N–H and O–H groups in total. The van der Waals surface area contributed by atoms with Crippen LogP contribution in [0.1, 0.15) is 37.0 Å². The van der Waals surface area contributed by atoms with Gasteiger partial charge in [0.25, 0.3) is 0 Å². The van der Waals surface area contributed by atoms with Gasteiger partial charge in [0.05, 0.1) is 0 Å². The van der Waals surface area contributed by atoms with E-state index in [1.807, 2.05) is 4.90 Å². The topological polar surface area (TPSA) is 56.7 Å². The summed E-state index contributed by atoms with van der Waals surface area (Å²) >= 11 is 1.79. The van der Waals surface area contributed by atoms with Crippen LogP contribution in [0.5, 0.6) is 0 Å². The summed E-state index contributed by atoms with van der Waals surface area (Å²) in [4.78, 5) is 20.2. The molecule has 1 saturated carbocycles. The SMILES string of the molecule is CN=C(NCCc1cccs1)NC1CCN(C(=O)C2CCCC2)C1.I. The Hall–Kier alpha value is -0.830. The lowest BCUT2D eigenvalue weighted by molar-refractivity contribution is -0.134. The minimum absolute atomic E-state index is 0. The van der Waals surface area contributed by atoms with Crippen LogP contribution in [0.3, 0.4) is 0 Å². The molecule has 1 saturated heterocycles. The van der Waals surface area contributed by atoms with E-state index in [9.17, 15) is 4.79 Å².